The Morgan fingerprint density at radius 1 is 1.11 bits per heavy atom. The number of aliphatic carboxylic acids is 1. The Labute approximate surface area is 217 Å². The van der Waals surface area contributed by atoms with Gasteiger partial charge in [0.1, 0.15) is 30.6 Å². The highest BCUT2D eigenvalue weighted by atomic mass is 16.5. The van der Waals surface area contributed by atoms with Crippen molar-refractivity contribution in [3.63, 3.8) is 0 Å². The first kappa shape index (κ1) is 30.5. The van der Waals surface area contributed by atoms with Gasteiger partial charge in [-0.3, -0.25) is 9.59 Å². The number of benzene rings is 1. The van der Waals surface area contributed by atoms with Crippen LogP contribution in [0.4, 0.5) is 0 Å². The van der Waals surface area contributed by atoms with Crippen LogP contribution in [0, 0.1) is 11.8 Å². The molecule has 3 unspecified atom stereocenters. The molecule has 2 amide bonds. The smallest absolute Gasteiger partial charge is 0.326 e. The Hall–Kier alpha value is -2.73. The van der Waals surface area contributed by atoms with Crippen LogP contribution >= 0.6 is 0 Å². The van der Waals surface area contributed by atoms with E-state index in [1.165, 1.54) is 0 Å². The van der Waals surface area contributed by atoms with Gasteiger partial charge in [0.15, 0.2) is 0 Å². The normalized spacial score (nSPS) is 24.2. The van der Waals surface area contributed by atoms with Crippen molar-refractivity contribution < 1.29 is 39.2 Å². The zero-order chi connectivity index (χ0) is 27.4. The Morgan fingerprint density at radius 3 is 2.41 bits per heavy atom. The SMILES string of the molecule is CC(C)[C@H]1COCC(O)C(O)COc2ccc(cc2)C[C@@H](CC(=O)NC(CCCCN)C(=O)O)C(=O)N1. The van der Waals surface area contributed by atoms with Gasteiger partial charge in [-0.2, -0.15) is 0 Å². The molecule has 1 aromatic rings. The number of carbonyl (C=O) groups is 3. The van der Waals surface area contributed by atoms with Crippen LogP contribution in [0.2, 0.25) is 0 Å². The third kappa shape index (κ3) is 10.6. The highest BCUT2D eigenvalue weighted by molar-refractivity contribution is 5.88. The van der Waals surface area contributed by atoms with Crippen molar-refractivity contribution in [2.45, 2.75) is 70.2 Å². The van der Waals surface area contributed by atoms with E-state index in [4.69, 9.17) is 15.2 Å². The Kier molecular flexibility index (Phi) is 12.8. The molecular formula is C26H41N3O8. The van der Waals surface area contributed by atoms with E-state index in [2.05, 4.69) is 10.6 Å². The summed E-state index contributed by atoms with van der Waals surface area (Å²) in [5.74, 6) is -2.31. The van der Waals surface area contributed by atoms with Crippen molar-refractivity contribution in [2.24, 2.45) is 17.6 Å². The second kappa shape index (κ2) is 15.5. The van der Waals surface area contributed by atoms with Gasteiger partial charge >= 0.3 is 5.97 Å². The fraction of sp³-hybridized carbons (Fsp3) is 0.654. The van der Waals surface area contributed by atoms with Gasteiger partial charge in [-0.25, -0.2) is 4.79 Å². The summed E-state index contributed by atoms with van der Waals surface area (Å²) in [4.78, 5) is 37.8. The number of fused-ring (bicyclic) bond motifs is 13. The van der Waals surface area contributed by atoms with E-state index in [1.807, 2.05) is 13.8 Å². The summed E-state index contributed by atoms with van der Waals surface area (Å²) in [5.41, 5.74) is 6.26. The van der Waals surface area contributed by atoms with E-state index in [0.717, 1.165) is 5.56 Å². The Morgan fingerprint density at radius 2 is 1.78 bits per heavy atom. The van der Waals surface area contributed by atoms with Crippen molar-refractivity contribution in [1.82, 2.24) is 10.6 Å². The minimum Gasteiger partial charge on any atom is -0.491 e. The summed E-state index contributed by atoms with van der Waals surface area (Å²) in [6, 6.07) is 5.43. The molecule has 0 saturated heterocycles. The number of hydrogen-bond acceptors (Lipinski definition) is 8. The minimum absolute atomic E-state index is 0.0130. The summed E-state index contributed by atoms with van der Waals surface area (Å²) >= 11 is 0. The number of carboxylic acids is 1. The molecule has 0 saturated carbocycles. The van der Waals surface area contributed by atoms with Crippen molar-refractivity contribution in [3.8, 4) is 5.75 Å². The zero-order valence-electron chi connectivity index (χ0n) is 21.6. The van der Waals surface area contributed by atoms with Gasteiger partial charge in [-0.05, 0) is 55.8 Å². The van der Waals surface area contributed by atoms with Crippen LogP contribution in [0.25, 0.3) is 0 Å². The van der Waals surface area contributed by atoms with E-state index < -0.39 is 42.1 Å². The van der Waals surface area contributed by atoms with Crippen LogP contribution in [0.1, 0.15) is 45.1 Å². The van der Waals surface area contributed by atoms with Crippen LogP contribution in [-0.2, 0) is 25.5 Å². The maximum Gasteiger partial charge on any atom is 0.326 e. The first-order chi connectivity index (χ1) is 17.6. The number of hydrogen-bond donors (Lipinski definition) is 6. The molecule has 11 heteroatoms. The lowest BCUT2D eigenvalue weighted by atomic mass is 9.93. The number of carbonyl (C=O) groups excluding carboxylic acids is 2. The molecule has 0 radical (unpaired) electrons. The van der Waals surface area contributed by atoms with Crippen LogP contribution in [-0.4, -0.2) is 83.8 Å². The van der Waals surface area contributed by atoms with Crippen molar-refractivity contribution in [1.29, 1.82) is 0 Å². The third-order valence-corrected chi connectivity index (χ3v) is 6.37. The fourth-order valence-electron chi connectivity index (χ4n) is 3.91. The van der Waals surface area contributed by atoms with E-state index in [1.54, 1.807) is 24.3 Å². The first-order valence-electron chi connectivity index (χ1n) is 12.8. The second-order valence-corrected chi connectivity index (χ2v) is 9.83. The van der Waals surface area contributed by atoms with Gasteiger partial charge in [0, 0.05) is 6.42 Å². The minimum atomic E-state index is -1.17. The van der Waals surface area contributed by atoms with Gasteiger partial charge in [0.05, 0.1) is 25.2 Å². The maximum atomic E-state index is 13.3. The average molecular weight is 524 g/mol. The molecule has 2 bridgehead atoms. The molecule has 1 aromatic carbocycles. The van der Waals surface area contributed by atoms with Gasteiger partial charge in [0.25, 0.3) is 0 Å². The van der Waals surface area contributed by atoms with E-state index in [0.29, 0.717) is 25.1 Å². The number of unbranched alkanes of at least 4 members (excludes halogenated alkanes) is 1. The van der Waals surface area contributed by atoms with Gasteiger partial charge in [-0.1, -0.05) is 26.0 Å². The zero-order valence-corrected chi connectivity index (χ0v) is 21.6. The van der Waals surface area contributed by atoms with Crippen LogP contribution in [0.5, 0.6) is 5.75 Å². The van der Waals surface area contributed by atoms with Gasteiger partial charge < -0.3 is 41.2 Å². The summed E-state index contributed by atoms with van der Waals surface area (Å²) in [6.07, 6.45) is -0.790. The molecule has 0 aliphatic carbocycles. The molecule has 2 aliphatic heterocycles. The van der Waals surface area contributed by atoms with Crippen molar-refractivity contribution in [3.05, 3.63) is 29.8 Å². The van der Waals surface area contributed by atoms with Crippen molar-refractivity contribution in [2.75, 3.05) is 26.4 Å². The predicted molar refractivity (Wildman–Crippen MR) is 136 cm³/mol. The van der Waals surface area contributed by atoms with Crippen LogP contribution in [0.15, 0.2) is 24.3 Å². The first-order valence-corrected chi connectivity index (χ1v) is 12.8. The third-order valence-electron chi connectivity index (χ3n) is 6.37. The lowest BCUT2D eigenvalue weighted by Crippen LogP contribution is -2.47. The van der Waals surface area contributed by atoms with Crippen LogP contribution < -0.4 is 21.1 Å². The summed E-state index contributed by atoms with van der Waals surface area (Å²) < 4.78 is 11.1. The fourth-order valence-corrected chi connectivity index (χ4v) is 3.91. The maximum absolute atomic E-state index is 13.3. The molecule has 0 aromatic heterocycles. The van der Waals surface area contributed by atoms with Gasteiger partial charge in [-0.15, -0.1) is 0 Å². The highest BCUT2D eigenvalue weighted by Gasteiger charge is 2.28. The van der Waals surface area contributed by atoms with E-state index >= 15 is 0 Å². The summed E-state index contributed by atoms with van der Waals surface area (Å²) in [6.45, 7) is 4.09. The quantitative estimate of drug-likeness (QED) is 0.247. The highest BCUT2D eigenvalue weighted by Crippen LogP contribution is 2.19. The van der Waals surface area contributed by atoms with Crippen LogP contribution in [0.3, 0.4) is 0 Å². The predicted octanol–water partition coefficient (Wildman–Crippen LogP) is 0.205. The number of aliphatic hydroxyl groups is 2. The molecule has 2 heterocycles. The number of amides is 2. The average Bonchev–Trinajstić information content (AvgIpc) is 2.85. The molecule has 208 valence electrons. The lowest BCUT2D eigenvalue weighted by molar-refractivity contribution is -0.142. The molecule has 11 nitrogen and oxygen atoms in total. The molecule has 0 fully saturated rings. The largest absolute Gasteiger partial charge is 0.491 e. The number of carboxylic acid groups (broad SMARTS) is 1. The standard InChI is InChI=1S/C26H41N3O8/c1-16(2)21-13-36-14-22(30)23(31)15-37-19-8-6-17(7-9-19)11-18(25(33)29-21)12-24(32)28-20(26(34)35)5-3-4-10-27/h6-9,16,18,20-23,30-31H,3-5,10-15,27H2,1-2H3,(H,28,32)(H,29,33)(H,34,35)/t18-,20?,21+,22?,23?/m0/s1. The van der Waals surface area contributed by atoms with E-state index in [9.17, 15) is 29.7 Å². The molecule has 2 aliphatic rings. The summed E-state index contributed by atoms with van der Waals surface area (Å²) in [5, 5.41) is 35.3. The van der Waals surface area contributed by atoms with Gasteiger partial charge in [0.2, 0.25) is 11.8 Å². The monoisotopic (exact) mass is 523 g/mol. The molecule has 5 atom stereocenters. The Bertz CT molecular complexity index is 864. The number of nitrogens with two attached hydrogens (primary N) is 1. The molecule has 3 rings (SSSR count). The molecule has 37 heavy (non-hydrogen) atoms. The number of ether oxygens (including phenoxy) is 2. The molecule has 0 spiro atoms. The molecule has 7 N–H and O–H groups in total. The number of aliphatic hydroxyl groups excluding tert-OH is 2. The number of nitrogens with one attached hydrogen (secondary N) is 2. The van der Waals surface area contributed by atoms with E-state index in [-0.39, 0.29) is 50.9 Å². The topological polar surface area (TPSA) is 180 Å². The molecular weight excluding hydrogens is 482 g/mol. The summed E-state index contributed by atoms with van der Waals surface area (Å²) in [7, 11) is 0. The Balaban J connectivity index is 2.21. The second-order valence-electron chi connectivity index (χ2n) is 9.83. The van der Waals surface area contributed by atoms with Crippen molar-refractivity contribution >= 4 is 17.8 Å². The number of rotatable bonds is 9. The lowest BCUT2D eigenvalue weighted by Gasteiger charge is -2.27.